The van der Waals surface area contributed by atoms with Crippen molar-refractivity contribution in [3.63, 3.8) is 0 Å². The highest BCUT2D eigenvalue weighted by Gasteiger charge is 2.46. The smallest absolute Gasteiger partial charge is 0.132 e. The third-order valence-corrected chi connectivity index (χ3v) is 7.40. The number of fused-ring (bicyclic) bond motifs is 2. The van der Waals surface area contributed by atoms with Crippen LogP contribution in [-0.4, -0.2) is 9.97 Å². The summed E-state index contributed by atoms with van der Waals surface area (Å²) >= 11 is 0. The van der Waals surface area contributed by atoms with Crippen LogP contribution in [0, 0.1) is 6.92 Å². The monoisotopic (exact) mass is 518 g/mol. The van der Waals surface area contributed by atoms with Crippen molar-refractivity contribution in [3.05, 3.63) is 168 Å². The Morgan fingerprint density at radius 2 is 1.30 bits per heavy atom. The Morgan fingerprint density at radius 1 is 0.600 bits per heavy atom. The lowest BCUT2D eigenvalue weighted by Crippen LogP contribution is -2.35. The van der Waals surface area contributed by atoms with E-state index in [4.69, 9.17) is 14.5 Å². The summed E-state index contributed by atoms with van der Waals surface area (Å²) in [6.45, 7) is 2.07. The Morgan fingerprint density at radius 3 is 2.02 bits per heavy atom. The first kappa shape index (κ1) is 23.9. The van der Waals surface area contributed by atoms with E-state index in [1.807, 2.05) is 85.2 Å². The van der Waals surface area contributed by atoms with Gasteiger partial charge < -0.3 is 9.47 Å². The van der Waals surface area contributed by atoms with Gasteiger partial charge in [-0.25, -0.2) is 0 Å². The molecular formula is C36H26N2O2. The molecule has 0 atom stereocenters. The first-order valence-electron chi connectivity index (χ1n) is 13.3. The minimum Gasteiger partial charge on any atom is -0.457 e. The minimum atomic E-state index is -0.695. The summed E-state index contributed by atoms with van der Waals surface area (Å²) in [7, 11) is 0. The molecule has 1 aliphatic heterocycles. The number of para-hydroxylation sites is 2. The second kappa shape index (κ2) is 9.83. The first-order chi connectivity index (χ1) is 19.7. The summed E-state index contributed by atoms with van der Waals surface area (Å²) in [5, 5.41) is 0. The van der Waals surface area contributed by atoms with E-state index in [1.165, 1.54) is 5.56 Å². The summed E-state index contributed by atoms with van der Waals surface area (Å²) in [5.41, 5.74) is 6.44. The van der Waals surface area contributed by atoms with Gasteiger partial charge in [0.05, 0.1) is 16.8 Å². The zero-order valence-corrected chi connectivity index (χ0v) is 22.0. The van der Waals surface area contributed by atoms with Crippen molar-refractivity contribution in [2.24, 2.45) is 0 Å². The van der Waals surface area contributed by atoms with Gasteiger partial charge in [-0.1, -0.05) is 66.7 Å². The molecule has 0 amide bonds. The molecule has 0 saturated heterocycles. The molecule has 0 unspecified atom stereocenters. The van der Waals surface area contributed by atoms with Gasteiger partial charge in [-0.15, -0.1) is 0 Å². The highest BCUT2D eigenvalue weighted by atomic mass is 16.5. The average molecular weight is 519 g/mol. The SMILES string of the molecule is Cc1ccnc(-c2cccc(Oc3cccc(C4(c5ccccn5)c5ccccc5Oc5ccccc54)c3)c2)c1. The van der Waals surface area contributed by atoms with Crippen LogP contribution >= 0.6 is 0 Å². The molecule has 3 heterocycles. The van der Waals surface area contributed by atoms with E-state index in [0.29, 0.717) is 0 Å². The number of rotatable bonds is 5. The lowest BCUT2D eigenvalue weighted by atomic mass is 9.65. The van der Waals surface area contributed by atoms with Gasteiger partial charge in [0.2, 0.25) is 0 Å². The number of hydrogen-bond donors (Lipinski definition) is 0. The van der Waals surface area contributed by atoms with Crippen LogP contribution < -0.4 is 9.47 Å². The van der Waals surface area contributed by atoms with Gasteiger partial charge in [0.25, 0.3) is 0 Å². The van der Waals surface area contributed by atoms with Crippen LogP contribution in [0.1, 0.15) is 27.9 Å². The Labute approximate surface area is 233 Å². The fourth-order valence-corrected chi connectivity index (χ4v) is 5.66. The molecule has 40 heavy (non-hydrogen) atoms. The van der Waals surface area contributed by atoms with Crippen LogP contribution in [0.15, 0.2) is 140 Å². The summed E-state index contributed by atoms with van der Waals surface area (Å²) in [6, 6.07) is 42.9. The zero-order valence-electron chi connectivity index (χ0n) is 22.0. The second-order valence-corrected chi connectivity index (χ2v) is 9.94. The van der Waals surface area contributed by atoms with Crippen molar-refractivity contribution in [1.29, 1.82) is 0 Å². The molecule has 192 valence electrons. The van der Waals surface area contributed by atoms with Gasteiger partial charge in [-0.3, -0.25) is 9.97 Å². The Bertz CT molecular complexity index is 1790. The number of nitrogens with zero attached hydrogens (tertiary/aromatic N) is 2. The molecule has 4 nitrogen and oxygen atoms in total. The highest BCUT2D eigenvalue weighted by Crippen LogP contribution is 2.55. The number of aromatic nitrogens is 2. The van der Waals surface area contributed by atoms with Crippen LogP contribution in [0.25, 0.3) is 11.3 Å². The first-order valence-corrected chi connectivity index (χ1v) is 13.3. The molecule has 0 saturated carbocycles. The normalized spacial score (nSPS) is 13.0. The minimum absolute atomic E-state index is 0.695. The number of aryl methyl sites for hydroxylation is 1. The molecule has 1 aliphatic rings. The van der Waals surface area contributed by atoms with Gasteiger partial charge in [-0.05, 0) is 78.7 Å². The molecule has 0 N–H and O–H groups in total. The quantitative estimate of drug-likeness (QED) is 0.229. The maximum Gasteiger partial charge on any atom is 0.132 e. The molecule has 0 aliphatic carbocycles. The molecule has 6 aromatic rings. The molecule has 0 bridgehead atoms. The van der Waals surface area contributed by atoms with Crippen LogP contribution in [0.5, 0.6) is 23.0 Å². The van der Waals surface area contributed by atoms with Gasteiger partial charge in [0.1, 0.15) is 23.0 Å². The zero-order chi connectivity index (χ0) is 26.9. The number of pyridine rings is 2. The van der Waals surface area contributed by atoms with Crippen molar-refractivity contribution in [3.8, 4) is 34.3 Å². The molecular weight excluding hydrogens is 492 g/mol. The van der Waals surface area contributed by atoms with Crippen LogP contribution in [0.2, 0.25) is 0 Å². The lowest BCUT2D eigenvalue weighted by Gasteiger charge is -2.40. The fraction of sp³-hybridized carbons (Fsp3) is 0.0556. The molecule has 4 heteroatoms. The third-order valence-electron chi connectivity index (χ3n) is 7.40. The summed E-state index contributed by atoms with van der Waals surface area (Å²) < 4.78 is 12.9. The Balaban J connectivity index is 1.38. The van der Waals surface area contributed by atoms with E-state index in [2.05, 4.69) is 66.5 Å². The summed E-state index contributed by atoms with van der Waals surface area (Å²) in [6.07, 6.45) is 3.69. The van der Waals surface area contributed by atoms with Gasteiger partial charge in [-0.2, -0.15) is 0 Å². The maximum absolute atomic E-state index is 6.48. The van der Waals surface area contributed by atoms with Crippen molar-refractivity contribution in [1.82, 2.24) is 9.97 Å². The van der Waals surface area contributed by atoms with E-state index < -0.39 is 5.41 Å². The summed E-state index contributed by atoms with van der Waals surface area (Å²) in [5.74, 6) is 3.12. The van der Waals surface area contributed by atoms with Crippen LogP contribution in [0.3, 0.4) is 0 Å². The lowest BCUT2D eigenvalue weighted by molar-refractivity contribution is 0.431. The van der Waals surface area contributed by atoms with Crippen LogP contribution in [0.4, 0.5) is 0 Å². The predicted molar refractivity (Wildman–Crippen MR) is 157 cm³/mol. The van der Waals surface area contributed by atoms with Crippen molar-refractivity contribution in [2.75, 3.05) is 0 Å². The Kier molecular flexibility index (Phi) is 5.86. The van der Waals surface area contributed by atoms with E-state index in [1.54, 1.807) is 0 Å². The van der Waals surface area contributed by atoms with E-state index >= 15 is 0 Å². The molecule has 7 rings (SSSR count). The average Bonchev–Trinajstić information content (AvgIpc) is 3.00. The highest BCUT2D eigenvalue weighted by molar-refractivity contribution is 5.68. The molecule has 0 fully saturated rings. The molecule has 4 aromatic carbocycles. The standard InChI is InChI=1S/C36H26N2O2/c1-25-19-21-37-32(22-25)26-10-8-12-28(23-26)39-29-13-9-11-27(24-29)36(35-18-6-7-20-38-35)30-14-2-4-16-33(30)40-34-17-5-3-15-31(34)36/h2-24H,1H3. The Hall–Kier alpha value is -5.22. The molecule has 0 spiro atoms. The van der Waals surface area contributed by atoms with Crippen LogP contribution in [-0.2, 0) is 5.41 Å². The van der Waals surface area contributed by atoms with Gasteiger partial charge in [0.15, 0.2) is 0 Å². The largest absolute Gasteiger partial charge is 0.457 e. The maximum atomic E-state index is 6.48. The molecule has 2 aromatic heterocycles. The van der Waals surface area contributed by atoms with Crippen molar-refractivity contribution in [2.45, 2.75) is 12.3 Å². The predicted octanol–water partition coefficient (Wildman–Crippen LogP) is 8.73. The number of hydrogen-bond acceptors (Lipinski definition) is 4. The number of ether oxygens (including phenoxy) is 2. The second-order valence-electron chi connectivity index (χ2n) is 9.94. The van der Waals surface area contributed by atoms with Crippen molar-refractivity contribution < 1.29 is 9.47 Å². The van der Waals surface area contributed by atoms with E-state index in [-0.39, 0.29) is 0 Å². The van der Waals surface area contributed by atoms with E-state index in [0.717, 1.165) is 56.6 Å². The summed E-state index contributed by atoms with van der Waals surface area (Å²) in [4.78, 5) is 9.46. The van der Waals surface area contributed by atoms with Gasteiger partial charge in [0, 0.05) is 29.1 Å². The van der Waals surface area contributed by atoms with E-state index in [9.17, 15) is 0 Å². The van der Waals surface area contributed by atoms with Crippen molar-refractivity contribution >= 4 is 0 Å². The van der Waals surface area contributed by atoms with Gasteiger partial charge >= 0.3 is 0 Å². The third kappa shape index (κ3) is 4.02. The fourth-order valence-electron chi connectivity index (χ4n) is 5.66. The molecule has 0 radical (unpaired) electrons. The topological polar surface area (TPSA) is 44.2 Å². The number of benzene rings is 4.